The van der Waals surface area contributed by atoms with E-state index in [1.54, 1.807) is 0 Å². The smallest absolute Gasteiger partial charge is 0.219 e. The zero-order valence-electron chi connectivity index (χ0n) is 17.6. The van der Waals surface area contributed by atoms with Crippen LogP contribution in [0.3, 0.4) is 0 Å². The molecule has 0 unspecified atom stereocenters. The van der Waals surface area contributed by atoms with Gasteiger partial charge in [-0.05, 0) is 32.1 Å². The van der Waals surface area contributed by atoms with Crippen molar-refractivity contribution in [1.29, 1.82) is 0 Å². The number of rotatable bonds is 8. The summed E-state index contributed by atoms with van der Waals surface area (Å²) in [5, 5.41) is 12.7. The molecular formula is C21H27N7O3. The molecule has 10 heteroatoms. The number of hydrogen-bond acceptors (Lipinski definition) is 8. The minimum absolute atomic E-state index is 0.0402. The summed E-state index contributed by atoms with van der Waals surface area (Å²) in [6, 6.07) is 2.11. The number of fused-ring (bicyclic) bond motifs is 1. The average Bonchev–Trinajstić information content (AvgIpc) is 3.17. The number of anilines is 1. The topological polar surface area (TPSA) is 134 Å². The van der Waals surface area contributed by atoms with Gasteiger partial charge in [0, 0.05) is 24.9 Å². The first kappa shape index (κ1) is 19.9. The molecule has 3 aromatic heterocycles. The quantitative estimate of drug-likeness (QED) is 0.526. The molecule has 2 aliphatic carbocycles. The zero-order valence-corrected chi connectivity index (χ0v) is 17.6. The molecule has 2 aliphatic rings. The van der Waals surface area contributed by atoms with Crippen molar-refractivity contribution in [2.75, 3.05) is 18.9 Å². The van der Waals surface area contributed by atoms with Crippen molar-refractivity contribution in [3.05, 3.63) is 18.2 Å². The predicted octanol–water partition coefficient (Wildman–Crippen LogP) is 2.58. The Kier molecular flexibility index (Phi) is 5.31. The first-order valence-electron chi connectivity index (χ1n) is 11.0. The lowest BCUT2D eigenvalue weighted by Gasteiger charge is -2.14. The van der Waals surface area contributed by atoms with Crippen LogP contribution in [0.1, 0.15) is 63.2 Å². The molecule has 0 aromatic carbocycles. The molecule has 164 valence electrons. The van der Waals surface area contributed by atoms with Gasteiger partial charge in [-0.25, -0.2) is 14.6 Å². The number of hydrogen-bond donors (Lipinski definition) is 2. The van der Waals surface area contributed by atoms with E-state index >= 15 is 0 Å². The van der Waals surface area contributed by atoms with Crippen molar-refractivity contribution in [1.82, 2.24) is 30.2 Å². The second kappa shape index (κ2) is 8.26. The maximum absolute atomic E-state index is 11.3. The van der Waals surface area contributed by atoms with E-state index in [-0.39, 0.29) is 18.1 Å². The van der Waals surface area contributed by atoms with Crippen LogP contribution in [0.15, 0.2) is 16.9 Å². The van der Waals surface area contributed by atoms with Crippen molar-refractivity contribution >= 4 is 22.8 Å². The van der Waals surface area contributed by atoms with E-state index < -0.39 is 0 Å². The van der Waals surface area contributed by atoms with Crippen molar-refractivity contribution in [3.63, 3.8) is 0 Å². The number of carbonyl (C=O) groups excluding carboxylic acids is 1. The summed E-state index contributed by atoms with van der Waals surface area (Å²) in [7, 11) is 0. The van der Waals surface area contributed by atoms with Crippen molar-refractivity contribution < 1.29 is 14.1 Å². The second-order valence-electron chi connectivity index (χ2n) is 8.30. The highest BCUT2D eigenvalue weighted by molar-refractivity contribution is 5.97. The van der Waals surface area contributed by atoms with Crippen LogP contribution in [0.4, 0.5) is 5.82 Å². The average molecular weight is 425 g/mol. The lowest BCUT2D eigenvalue weighted by Crippen LogP contribution is -2.27. The van der Waals surface area contributed by atoms with Crippen LogP contribution in [0, 0.1) is 0 Å². The number of nitrogens with one attached hydrogen (secondary N) is 1. The molecule has 3 N–H and O–H groups in total. The van der Waals surface area contributed by atoms with Crippen LogP contribution in [-0.2, 0) is 9.53 Å². The first-order chi connectivity index (χ1) is 15.1. The molecule has 2 saturated carbocycles. The van der Waals surface area contributed by atoms with E-state index in [1.807, 2.05) is 17.7 Å². The summed E-state index contributed by atoms with van der Waals surface area (Å²) in [6.07, 6.45) is 7.04. The third kappa shape index (κ3) is 3.99. The van der Waals surface area contributed by atoms with E-state index in [2.05, 4.69) is 20.4 Å². The Morgan fingerprint density at radius 1 is 1.32 bits per heavy atom. The number of carbonyl (C=O) groups is 1. The Labute approximate surface area is 179 Å². The molecule has 0 radical (unpaired) electrons. The predicted molar refractivity (Wildman–Crippen MR) is 113 cm³/mol. The van der Waals surface area contributed by atoms with Crippen LogP contribution < -0.4 is 11.1 Å². The molecule has 31 heavy (non-hydrogen) atoms. The Morgan fingerprint density at radius 2 is 2.19 bits per heavy atom. The Balaban J connectivity index is 1.34. The Morgan fingerprint density at radius 3 is 3.00 bits per heavy atom. The van der Waals surface area contributed by atoms with Crippen LogP contribution in [0.5, 0.6) is 0 Å². The lowest BCUT2D eigenvalue weighted by atomic mass is 10.2. The number of nitrogens with zero attached hydrogens (tertiary/aromatic N) is 5. The van der Waals surface area contributed by atoms with E-state index in [9.17, 15) is 4.79 Å². The fourth-order valence-electron chi connectivity index (χ4n) is 4.22. The van der Waals surface area contributed by atoms with Gasteiger partial charge >= 0.3 is 0 Å². The van der Waals surface area contributed by atoms with Gasteiger partial charge < -0.3 is 20.3 Å². The molecule has 0 saturated heterocycles. The summed E-state index contributed by atoms with van der Waals surface area (Å²) in [5.74, 6) is 1.80. The minimum atomic E-state index is 0.0402. The van der Waals surface area contributed by atoms with Gasteiger partial charge in [0.25, 0.3) is 0 Å². The standard InChI is InChI=1S/C21H27N7O3/c1-2-17(29)23-7-8-30-14-6-5-13(9-14)28-21-18(20(22)24-11-25-21)19(26-28)15-10-16(31-27-15)12-3-4-12/h10-14H,2-9H2,1H3,(H,23,29)(H2,22,24,25)/t13-,14-/m1/s1. The fourth-order valence-corrected chi connectivity index (χ4v) is 4.22. The number of amides is 1. The van der Waals surface area contributed by atoms with Crippen LogP contribution in [-0.4, -0.2) is 50.1 Å². The molecule has 0 aliphatic heterocycles. The van der Waals surface area contributed by atoms with Crippen molar-refractivity contribution in [2.24, 2.45) is 0 Å². The first-order valence-corrected chi connectivity index (χ1v) is 11.0. The lowest BCUT2D eigenvalue weighted by molar-refractivity contribution is -0.121. The van der Waals surface area contributed by atoms with Gasteiger partial charge in [-0.2, -0.15) is 5.10 Å². The monoisotopic (exact) mass is 425 g/mol. The van der Waals surface area contributed by atoms with Crippen molar-refractivity contribution in [2.45, 2.75) is 63.5 Å². The summed E-state index contributed by atoms with van der Waals surface area (Å²) < 4.78 is 13.4. The van der Waals surface area contributed by atoms with E-state index in [4.69, 9.17) is 20.1 Å². The van der Waals surface area contributed by atoms with E-state index in [0.29, 0.717) is 53.7 Å². The number of nitrogens with two attached hydrogens (primary N) is 1. The van der Waals surface area contributed by atoms with E-state index in [1.165, 1.54) is 6.33 Å². The van der Waals surface area contributed by atoms with Gasteiger partial charge in [-0.3, -0.25) is 4.79 Å². The normalized spacial score (nSPS) is 21.1. The SMILES string of the molecule is CCC(=O)NCCO[C@@H]1CC[C@@H](n2nc(-c3cc(C4CC4)on3)c3c(N)ncnc32)C1. The summed E-state index contributed by atoms with van der Waals surface area (Å²) in [4.78, 5) is 20.0. The van der Waals surface area contributed by atoms with Crippen molar-refractivity contribution in [3.8, 4) is 11.4 Å². The minimum Gasteiger partial charge on any atom is -0.383 e. The van der Waals surface area contributed by atoms with Crippen LogP contribution in [0.2, 0.25) is 0 Å². The van der Waals surface area contributed by atoms with Gasteiger partial charge in [0.15, 0.2) is 5.65 Å². The Hall–Kier alpha value is -3.01. The molecular weight excluding hydrogens is 398 g/mol. The maximum atomic E-state index is 11.3. The molecule has 5 rings (SSSR count). The highest BCUT2D eigenvalue weighted by Gasteiger charge is 2.32. The molecule has 2 atom stereocenters. The molecule has 3 aromatic rings. The maximum Gasteiger partial charge on any atom is 0.219 e. The van der Waals surface area contributed by atoms with Crippen LogP contribution >= 0.6 is 0 Å². The highest BCUT2D eigenvalue weighted by Crippen LogP contribution is 2.42. The fraction of sp³-hybridized carbons (Fsp3) is 0.571. The number of nitrogen functional groups attached to an aromatic ring is 1. The van der Waals surface area contributed by atoms with Gasteiger partial charge in [-0.15, -0.1) is 0 Å². The molecule has 1 amide bonds. The van der Waals surface area contributed by atoms with E-state index in [0.717, 1.165) is 37.9 Å². The molecule has 2 fully saturated rings. The summed E-state index contributed by atoms with van der Waals surface area (Å²) in [6.45, 7) is 2.87. The van der Waals surface area contributed by atoms with Gasteiger partial charge in [0.1, 0.15) is 29.3 Å². The third-order valence-corrected chi connectivity index (χ3v) is 6.07. The number of ether oxygens (including phenoxy) is 1. The molecule has 3 heterocycles. The zero-order chi connectivity index (χ0) is 21.4. The number of aromatic nitrogens is 5. The van der Waals surface area contributed by atoms with Crippen LogP contribution in [0.25, 0.3) is 22.4 Å². The molecule has 0 bridgehead atoms. The molecule has 0 spiro atoms. The summed E-state index contributed by atoms with van der Waals surface area (Å²) >= 11 is 0. The largest absolute Gasteiger partial charge is 0.383 e. The van der Waals surface area contributed by atoms with Gasteiger partial charge in [0.2, 0.25) is 5.91 Å². The summed E-state index contributed by atoms with van der Waals surface area (Å²) in [5.41, 5.74) is 8.25. The highest BCUT2D eigenvalue weighted by atomic mass is 16.5. The molecule has 10 nitrogen and oxygen atoms in total. The second-order valence-corrected chi connectivity index (χ2v) is 8.30. The third-order valence-electron chi connectivity index (χ3n) is 6.07. The van der Waals surface area contributed by atoms with Gasteiger partial charge in [0.05, 0.1) is 24.1 Å². The van der Waals surface area contributed by atoms with Gasteiger partial charge in [-0.1, -0.05) is 12.1 Å². The Bertz CT molecular complexity index is 1090.